The van der Waals surface area contributed by atoms with Crippen molar-refractivity contribution in [2.75, 3.05) is 32.7 Å². The summed E-state index contributed by atoms with van der Waals surface area (Å²) in [5.74, 6) is 0.0813. The van der Waals surface area contributed by atoms with Gasteiger partial charge < -0.3 is 9.80 Å². The van der Waals surface area contributed by atoms with Crippen molar-refractivity contribution >= 4 is 16.9 Å². The number of carbonyl (C=O) groups is 1. The van der Waals surface area contributed by atoms with E-state index in [2.05, 4.69) is 30.9 Å². The molecule has 146 valence electrons. The number of piperazine rings is 1. The van der Waals surface area contributed by atoms with Crippen molar-refractivity contribution in [3.05, 3.63) is 52.8 Å². The summed E-state index contributed by atoms with van der Waals surface area (Å²) < 4.78 is 1.85. The zero-order valence-corrected chi connectivity index (χ0v) is 17.1. The van der Waals surface area contributed by atoms with Gasteiger partial charge in [0.05, 0.1) is 22.3 Å². The van der Waals surface area contributed by atoms with Gasteiger partial charge in [-0.05, 0) is 45.5 Å². The minimum Gasteiger partial charge on any atom is -0.336 e. The van der Waals surface area contributed by atoms with Gasteiger partial charge in [-0.25, -0.2) is 9.67 Å². The minimum absolute atomic E-state index is 0.0813. The van der Waals surface area contributed by atoms with Crippen molar-refractivity contribution in [2.24, 2.45) is 0 Å². The molecule has 6 heteroatoms. The fraction of sp³-hybridized carbons (Fsp3) is 0.409. The molecule has 4 rings (SSSR count). The lowest BCUT2D eigenvalue weighted by Gasteiger charge is -2.34. The van der Waals surface area contributed by atoms with Crippen LogP contribution in [0.15, 0.2) is 30.3 Å². The van der Waals surface area contributed by atoms with Gasteiger partial charge in [-0.3, -0.25) is 4.79 Å². The molecule has 6 nitrogen and oxygen atoms in total. The van der Waals surface area contributed by atoms with Crippen molar-refractivity contribution in [1.82, 2.24) is 24.6 Å². The second kappa shape index (κ2) is 7.36. The van der Waals surface area contributed by atoms with Crippen LogP contribution < -0.4 is 0 Å². The van der Waals surface area contributed by atoms with Crippen LogP contribution >= 0.6 is 0 Å². The summed E-state index contributed by atoms with van der Waals surface area (Å²) in [6.45, 7) is 12.5. The van der Waals surface area contributed by atoms with Crippen LogP contribution in [-0.4, -0.2) is 63.2 Å². The summed E-state index contributed by atoms with van der Waals surface area (Å²) in [7, 11) is 0. The summed E-state index contributed by atoms with van der Waals surface area (Å²) in [5, 5.41) is 5.58. The second-order valence-electron chi connectivity index (χ2n) is 7.57. The molecular formula is C22H27N5O. The zero-order chi connectivity index (χ0) is 19.8. The molecule has 1 saturated heterocycles. The molecule has 3 heterocycles. The number of benzene rings is 1. The summed E-state index contributed by atoms with van der Waals surface area (Å²) in [5.41, 5.74) is 5.27. The maximum atomic E-state index is 13.3. The number of fused-ring (bicyclic) bond motifs is 1. The van der Waals surface area contributed by atoms with Gasteiger partial charge in [0.15, 0.2) is 5.65 Å². The number of aromatic nitrogens is 3. The Bertz CT molecular complexity index is 1010. The Kier molecular flexibility index (Phi) is 4.89. The Morgan fingerprint density at radius 1 is 1.04 bits per heavy atom. The summed E-state index contributed by atoms with van der Waals surface area (Å²) in [6.07, 6.45) is 0. The Morgan fingerprint density at radius 3 is 2.36 bits per heavy atom. The number of aryl methyl sites for hydroxylation is 3. The van der Waals surface area contributed by atoms with Crippen molar-refractivity contribution in [3.63, 3.8) is 0 Å². The van der Waals surface area contributed by atoms with Crippen LogP contribution in [0.3, 0.4) is 0 Å². The van der Waals surface area contributed by atoms with Gasteiger partial charge in [0.2, 0.25) is 0 Å². The molecule has 0 spiro atoms. The van der Waals surface area contributed by atoms with Crippen LogP contribution in [0.25, 0.3) is 16.7 Å². The first kappa shape index (κ1) is 18.6. The van der Waals surface area contributed by atoms with E-state index in [-0.39, 0.29) is 5.91 Å². The average Bonchev–Trinajstić information content (AvgIpc) is 3.03. The number of amides is 1. The number of carbonyl (C=O) groups excluding carboxylic acids is 1. The van der Waals surface area contributed by atoms with Crippen molar-refractivity contribution < 1.29 is 4.79 Å². The topological polar surface area (TPSA) is 54.3 Å². The average molecular weight is 377 g/mol. The minimum atomic E-state index is 0.0813. The monoisotopic (exact) mass is 377 g/mol. The molecule has 1 fully saturated rings. The maximum Gasteiger partial charge on any atom is 0.254 e. The second-order valence-corrected chi connectivity index (χ2v) is 7.57. The Labute approximate surface area is 165 Å². The highest BCUT2D eigenvalue weighted by molar-refractivity contribution is 6.06. The Morgan fingerprint density at radius 2 is 1.71 bits per heavy atom. The maximum absolute atomic E-state index is 13.3. The Hall–Kier alpha value is -2.73. The summed E-state index contributed by atoms with van der Waals surface area (Å²) in [6, 6.07) is 10.1. The number of pyridine rings is 1. The molecule has 0 aliphatic carbocycles. The third kappa shape index (κ3) is 3.29. The number of hydrogen-bond acceptors (Lipinski definition) is 4. The quantitative estimate of drug-likeness (QED) is 0.704. The molecule has 0 atom stereocenters. The van der Waals surface area contributed by atoms with Gasteiger partial charge in [-0.1, -0.05) is 24.6 Å². The largest absolute Gasteiger partial charge is 0.336 e. The van der Waals surface area contributed by atoms with E-state index in [0.29, 0.717) is 5.56 Å². The van der Waals surface area contributed by atoms with Crippen LogP contribution in [0.2, 0.25) is 0 Å². The molecule has 2 aromatic heterocycles. The van der Waals surface area contributed by atoms with E-state index >= 15 is 0 Å². The van der Waals surface area contributed by atoms with E-state index in [1.807, 2.05) is 41.6 Å². The van der Waals surface area contributed by atoms with E-state index in [0.717, 1.165) is 60.8 Å². The molecule has 1 aliphatic rings. The molecule has 0 radical (unpaired) electrons. The van der Waals surface area contributed by atoms with E-state index < -0.39 is 0 Å². The molecule has 3 aromatic rings. The third-order valence-corrected chi connectivity index (χ3v) is 5.56. The molecular weight excluding hydrogens is 350 g/mol. The van der Waals surface area contributed by atoms with E-state index in [4.69, 9.17) is 10.1 Å². The SMILES string of the molecule is CCN1CCN(C(=O)c2cc(C)nc3c2c(C)nn3-c2ccc(C)cc2)CC1. The molecule has 0 saturated carbocycles. The van der Waals surface area contributed by atoms with Gasteiger partial charge >= 0.3 is 0 Å². The van der Waals surface area contributed by atoms with E-state index in [9.17, 15) is 4.79 Å². The predicted octanol–water partition coefficient (Wildman–Crippen LogP) is 3.12. The van der Waals surface area contributed by atoms with Crippen molar-refractivity contribution in [2.45, 2.75) is 27.7 Å². The van der Waals surface area contributed by atoms with Gasteiger partial charge in [0.25, 0.3) is 5.91 Å². The summed E-state index contributed by atoms with van der Waals surface area (Å²) >= 11 is 0. The molecule has 0 bridgehead atoms. The first-order chi connectivity index (χ1) is 13.5. The lowest BCUT2D eigenvalue weighted by molar-refractivity contribution is 0.0645. The number of nitrogens with zero attached hydrogens (tertiary/aromatic N) is 5. The Balaban J connectivity index is 1.77. The molecule has 0 unspecified atom stereocenters. The standard InChI is InChI=1S/C22H27N5O/c1-5-25-10-12-26(13-11-25)22(28)19-14-16(3)23-21-20(19)17(4)24-27(21)18-8-6-15(2)7-9-18/h6-9,14H,5,10-13H2,1-4H3. The van der Waals surface area contributed by atoms with E-state index in [1.54, 1.807) is 0 Å². The number of hydrogen-bond donors (Lipinski definition) is 0. The van der Waals surface area contributed by atoms with Gasteiger partial charge in [-0.15, -0.1) is 0 Å². The lowest BCUT2D eigenvalue weighted by Crippen LogP contribution is -2.48. The van der Waals surface area contributed by atoms with Gasteiger partial charge in [-0.2, -0.15) is 5.10 Å². The molecule has 1 aromatic carbocycles. The third-order valence-electron chi connectivity index (χ3n) is 5.56. The highest BCUT2D eigenvalue weighted by Gasteiger charge is 2.25. The fourth-order valence-electron chi connectivity index (χ4n) is 3.89. The van der Waals surface area contributed by atoms with Gasteiger partial charge in [0, 0.05) is 31.9 Å². The molecule has 28 heavy (non-hydrogen) atoms. The normalized spacial score (nSPS) is 15.4. The van der Waals surface area contributed by atoms with Crippen LogP contribution in [-0.2, 0) is 0 Å². The highest BCUT2D eigenvalue weighted by atomic mass is 16.2. The lowest BCUT2D eigenvalue weighted by atomic mass is 10.1. The highest BCUT2D eigenvalue weighted by Crippen LogP contribution is 2.26. The van der Waals surface area contributed by atoms with Crippen LogP contribution in [0.5, 0.6) is 0 Å². The molecule has 1 aliphatic heterocycles. The van der Waals surface area contributed by atoms with Crippen LogP contribution in [0.1, 0.15) is 34.2 Å². The number of rotatable bonds is 3. The predicted molar refractivity (Wildman–Crippen MR) is 111 cm³/mol. The smallest absolute Gasteiger partial charge is 0.254 e. The van der Waals surface area contributed by atoms with Crippen LogP contribution in [0, 0.1) is 20.8 Å². The molecule has 1 amide bonds. The van der Waals surface area contributed by atoms with E-state index in [1.165, 1.54) is 5.56 Å². The van der Waals surface area contributed by atoms with Crippen LogP contribution in [0.4, 0.5) is 0 Å². The number of likely N-dealkylation sites (N-methyl/N-ethyl adjacent to an activating group) is 1. The first-order valence-electron chi connectivity index (χ1n) is 9.93. The first-order valence-corrected chi connectivity index (χ1v) is 9.93. The summed E-state index contributed by atoms with van der Waals surface area (Å²) in [4.78, 5) is 22.4. The van der Waals surface area contributed by atoms with Crippen molar-refractivity contribution in [1.29, 1.82) is 0 Å². The molecule has 0 N–H and O–H groups in total. The van der Waals surface area contributed by atoms with Gasteiger partial charge in [0.1, 0.15) is 0 Å². The fourth-order valence-corrected chi connectivity index (χ4v) is 3.89. The zero-order valence-electron chi connectivity index (χ0n) is 17.1. The van der Waals surface area contributed by atoms with Crippen molar-refractivity contribution in [3.8, 4) is 5.69 Å².